The van der Waals surface area contributed by atoms with Gasteiger partial charge in [-0.2, -0.15) is 0 Å². The molecule has 4 heteroatoms. The van der Waals surface area contributed by atoms with E-state index in [1.165, 1.54) is 5.57 Å². The molecule has 0 bridgehead atoms. The SMILES string of the molecule is CCCC(=O)O[C@]1(C(C)=O)CC[C@H]2[C@@H]3C[C@H](C)C4=CC(=O)CC[C@]4(C)[C@H]3CC[C@@]21C. The molecule has 3 saturated carbocycles. The summed E-state index contributed by atoms with van der Waals surface area (Å²) in [5.74, 6) is 1.96. The Hall–Kier alpha value is -1.45. The fourth-order valence-electron chi connectivity index (χ4n) is 8.25. The lowest BCUT2D eigenvalue weighted by Crippen LogP contribution is -2.59. The molecule has 0 spiro atoms. The van der Waals surface area contributed by atoms with Crippen LogP contribution in [0.15, 0.2) is 11.6 Å². The van der Waals surface area contributed by atoms with Gasteiger partial charge in [-0.05, 0) is 87.0 Å². The van der Waals surface area contributed by atoms with Crippen molar-refractivity contribution in [1.29, 1.82) is 0 Å². The van der Waals surface area contributed by atoms with E-state index >= 15 is 0 Å². The van der Waals surface area contributed by atoms with Crippen LogP contribution in [0, 0.1) is 34.5 Å². The van der Waals surface area contributed by atoms with Crippen molar-refractivity contribution >= 4 is 17.5 Å². The molecule has 0 heterocycles. The average molecular weight is 415 g/mol. The highest BCUT2D eigenvalue weighted by atomic mass is 16.6. The molecule has 0 aromatic carbocycles. The third-order valence-corrected chi connectivity index (χ3v) is 9.71. The molecule has 4 aliphatic carbocycles. The molecule has 4 aliphatic rings. The van der Waals surface area contributed by atoms with Crippen LogP contribution in [0.5, 0.6) is 0 Å². The van der Waals surface area contributed by atoms with Gasteiger partial charge in [0.1, 0.15) is 0 Å². The lowest BCUT2D eigenvalue weighted by atomic mass is 9.44. The molecular formula is C26H38O4. The van der Waals surface area contributed by atoms with Gasteiger partial charge in [0.25, 0.3) is 0 Å². The first kappa shape index (κ1) is 21.8. The van der Waals surface area contributed by atoms with Crippen LogP contribution in [0.4, 0.5) is 0 Å². The van der Waals surface area contributed by atoms with E-state index in [4.69, 9.17) is 4.74 Å². The zero-order valence-electron chi connectivity index (χ0n) is 19.4. The number of ether oxygens (including phenoxy) is 1. The van der Waals surface area contributed by atoms with Crippen LogP contribution in [0.3, 0.4) is 0 Å². The number of Topliss-reactive ketones (excluding diaryl/α,β-unsaturated/α-hetero) is 1. The molecule has 0 saturated heterocycles. The monoisotopic (exact) mass is 414 g/mol. The largest absolute Gasteiger partial charge is 0.450 e. The van der Waals surface area contributed by atoms with Gasteiger partial charge in [-0.25, -0.2) is 0 Å². The molecule has 7 atom stereocenters. The van der Waals surface area contributed by atoms with E-state index < -0.39 is 5.60 Å². The van der Waals surface area contributed by atoms with Crippen molar-refractivity contribution in [2.75, 3.05) is 0 Å². The smallest absolute Gasteiger partial charge is 0.306 e. The Morgan fingerprint density at radius 1 is 1.13 bits per heavy atom. The molecule has 4 nitrogen and oxygen atoms in total. The van der Waals surface area contributed by atoms with E-state index in [1.807, 2.05) is 13.0 Å². The number of rotatable bonds is 4. The van der Waals surface area contributed by atoms with Gasteiger partial charge in [-0.15, -0.1) is 0 Å². The highest BCUT2D eigenvalue weighted by molar-refractivity contribution is 5.92. The Labute approximate surface area is 181 Å². The topological polar surface area (TPSA) is 60.4 Å². The Balaban J connectivity index is 1.69. The number of esters is 1. The van der Waals surface area contributed by atoms with Gasteiger partial charge in [0.05, 0.1) is 0 Å². The Bertz CT molecular complexity index is 797. The first-order valence-electron chi connectivity index (χ1n) is 12.1. The van der Waals surface area contributed by atoms with E-state index in [0.29, 0.717) is 42.9 Å². The predicted octanol–water partition coefficient (Wildman–Crippen LogP) is 5.44. The minimum atomic E-state index is -0.961. The zero-order chi connectivity index (χ0) is 21.9. The Kier molecular flexibility index (Phi) is 5.30. The molecule has 0 aliphatic heterocycles. The number of hydrogen-bond acceptors (Lipinski definition) is 4. The molecular weight excluding hydrogens is 376 g/mol. The summed E-state index contributed by atoms with van der Waals surface area (Å²) in [4.78, 5) is 37.7. The normalized spacial score (nSPS) is 45.1. The molecule has 4 rings (SSSR count). The second kappa shape index (κ2) is 7.31. The van der Waals surface area contributed by atoms with Crippen molar-refractivity contribution < 1.29 is 19.1 Å². The number of hydrogen-bond donors (Lipinski definition) is 0. The summed E-state index contributed by atoms with van der Waals surface area (Å²) >= 11 is 0. The summed E-state index contributed by atoms with van der Waals surface area (Å²) in [6.07, 6.45) is 9.34. The van der Waals surface area contributed by atoms with Crippen molar-refractivity contribution in [1.82, 2.24) is 0 Å². The summed E-state index contributed by atoms with van der Waals surface area (Å²) in [5, 5.41) is 0. The highest BCUT2D eigenvalue weighted by Crippen LogP contribution is 2.69. The quantitative estimate of drug-likeness (QED) is 0.575. The van der Waals surface area contributed by atoms with E-state index in [0.717, 1.165) is 38.5 Å². The van der Waals surface area contributed by atoms with Crippen LogP contribution in [0.1, 0.15) is 92.4 Å². The summed E-state index contributed by atoms with van der Waals surface area (Å²) in [5.41, 5.74) is 0.217. The predicted molar refractivity (Wildman–Crippen MR) is 116 cm³/mol. The van der Waals surface area contributed by atoms with Gasteiger partial charge in [-0.3, -0.25) is 14.4 Å². The van der Waals surface area contributed by atoms with Crippen LogP contribution in [-0.4, -0.2) is 23.1 Å². The van der Waals surface area contributed by atoms with Gasteiger partial charge in [0, 0.05) is 18.3 Å². The maximum atomic E-state index is 13.0. The first-order chi connectivity index (χ1) is 14.1. The maximum Gasteiger partial charge on any atom is 0.306 e. The van der Waals surface area contributed by atoms with E-state index in [2.05, 4.69) is 20.8 Å². The number of ketones is 2. The lowest BCUT2D eigenvalue weighted by Gasteiger charge is -2.60. The van der Waals surface area contributed by atoms with E-state index in [1.54, 1.807) is 6.92 Å². The van der Waals surface area contributed by atoms with Crippen molar-refractivity contribution in [2.45, 2.75) is 98.0 Å². The van der Waals surface area contributed by atoms with Gasteiger partial charge in [0.15, 0.2) is 17.2 Å². The molecule has 30 heavy (non-hydrogen) atoms. The summed E-state index contributed by atoms with van der Waals surface area (Å²) < 4.78 is 6.08. The third kappa shape index (κ3) is 2.88. The number of carbonyl (C=O) groups excluding carboxylic acids is 3. The summed E-state index contributed by atoms with van der Waals surface area (Å²) in [6, 6.07) is 0. The second-order valence-corrected chi connectivity index (χ2v) is 11.1. The second-order valence-electron chi connectivity index (χ2n) is 11.1. The Morgan fingerprint density at radius 3 is 2.50 bits per heavy atom. The molecule has 166 valence electrons. The first-order valence-corrected chi connectivity index (χ1v) is 12.1. The minimum Gasteiger partial charge on any atom is -0.450 e. The number of allylic oxidation sites excluding steroid dienone is 1. The molecule has 0 unspecified atom stereocenters. The van der Waals surface area contributed by atoms with Crippen molar-refractivity contribution in [3.63, 3.8) is 0 Å². The molecule has 0 N–H and O–H groups in total. The van der Waals surface area contributed by atoms with Gasteiger partial charge in [-0.1, -0.05) is 33.3 Å². The van der Waals surface area contributed by atoms with Crippen LogP contribution in [-0.2, 0) is 19.1 Å². The van der Waals surface area contributed by atoms with Crippen molar-refractivity contribution in [3.8, 4) is 0 Å². The molecule has 0 radical (unpaired) electrons. The summed E-state index contributed by atoms with van der Waals surface area (Å²) in [6.45, 7) is 10.5. The van der Waals surface area contributed by atoms with E-state index in [9.17, 15) is 14.4 Å². The fourth-order valence-corrected chi connectivity index (χ4v) is 8.25. The third-order valence-electron chi connectivity index (χ3n) is 9.71. The lowest BCUT2D eigenvalue weighted by molar-refractivity contribution is -0.189. The molecule has 0 aromatic rings. The van der Waals surface area contributed by atoms with Crippen LogP contribution in [0.25, 0.3) is 0 Å². The number of fused-ring (bicyclic) bond motifs is 5. The van der Waals surface area contributed by atoms with Crippen LogP contribution >= 0.6 is 0 Å². The van der Waals surface area contributed by atoms with Crippen LogP contribution < -0.4 is 0 Å². The minimum absolute atomic E-state index is 0.0225. The standard InChI is InChI=1S/C26H38O4/c1-6-7-23(29)30-26(17(3)27)13-10-21-19-14-16(2)22-15-18(28)8-11-24(22,4)20(19)9-12-25(21,26)5/h15-16,19-21H,6-14H2,1-5H3/t16-,19+,20-,21-,24+,25-,26-/m0/s1. The van der Waals surface area contributed by atoms with Crippen molar-refractivity contribution in [2.24, 2.45) is 34.5 Å². The van der Waals surface area contributed by atoms with Crippen molar-refractivity contribution in [3.05, 3.63) is 11.6 Å². The molecule has 0 aromatic heterocycles. The zero-order valence-corrected chi connectivity index (χ0v) is 19.4. The molecule has 3 fully saturated rings. The summed E-state index contributed by atoms with van der Waals surface area (Å²) in [7, 11) is 0. The molecule has 0 amide bonds. The number of carbonyl (C=O) groups is 3. The van der Waals surface area contributed by atoms with Gasteiger partial charge in [0.2, 0.25) is 0 Å². The van der Waals surface area contributed by atoms with Gasteiger partial charge < -0.3 is 4.74 Å². The van der Waals surface area contributed by atoms with E-state index in [-0.39, 0.29) is 28.4 Å². The highest BCUT2D eigenvalue weighted by Gasteiger charge is 2.68. The van der Waals surface area contributed by atoms with Crippen LogP contribution in [0.2, 0.25) is 0 Å². The van der Waals surface area contributed by atoms with Gasteiger partial charge >= 0.3 is 5.97 Å². The maximum absolute atomic E-state index is 13.0. The Morgan fingerprint density at radius 2 is 1.83 bits per heavy atom. The average Bonchev–Trinajstić information content (AvgIpc) is 2.97. The fraction of sp³-hybridized carbons (Fsp3) is 0.808.